The van der Waals surface area contributed by atoms with E-state index in [1.165, 1.54) is 116 Å². The highest BCUT2D eigenvalue weighted by Crippen LogP contribution is 2.45. The molecule has 0 radical (unpaired) electrons. The van der Waals surface area contributed by atoms with Crippen molar-refractivity contribution >= 4 is 33.6 Å². The molecule has 0 bridgehead atoms. The molecule has 0 saturated heterocycles. The van der Waals surface area contributed by atoms with Crippen molar-refractivity contribution < 1.29 is 75.8 Å². The molecule has 0 spiro atoms. The first-order chi connectivity index (χ1) is 56.2. The maximum Gasteiger partial charge on any atom is 0.472 e. The van der Waals surface area contributed by atoms with Crippen LogP contribution in [0.3, 0.4) is 0 Å². The van der Waals surface area contributed by atoms with Gasteiger partial charge in [0.05, 0.1) is 26.4 Å². The van der Waals surface area contributed by atoms with Crippen LogP contribution in [-0.4, -0.2) is 95.9 Å². The average molecular weight is 1640 g/mol. The second-order valence-corrected chi connectivity index (χ2v) is 32.2. The third-order valence-corrected chi connectivity index (χ3v) is 20.2. The Hall–Kier alpha value is -5.61. The minimum atomic E-state index is -4.96. The summed E-state index contributed by atoms with van der Waals surface area (Å²) < 4.78 is 61.4. The molecule has 0 aromatic carbocycles. The first-order valence-electron chi connectivity index (χ1n) is 44.7. The summed E-state index contributed by atoms with van der Waals surface area (Å²) in [5.41, 5.74) is 0. The fourth-order valence-electron chi connectivity index (χ4n) is 11.6. The molecule has 0 aliphatic rings. The van der Waals surface area contributed by atoms with E-state index in [0.717, 1.165) is 167 Å². The van der Waals surface area contributed by atoms with Crippen LogP contribution >= 0.6 is 15.6 Å². The third kappa shape index (κ3) is 89.0. The highest BCUT2D eigenvalue weighted by atomic mass is 31.2. The van der Waals surface area contributed by atoms with Crippen molar-refractivity contribution in [3.8, 4) is 0 Å². The predicted octanol–water partition coefficient (Wildman–Crippen LogP) is 27.4. The van der Waals surface area contributed by atoms with Gasteiger partial charge in [-0.3, -0.25) is 32.5 Å². The number of phosphoric acid groups is 2. The molecular weight excluding hydrogens is 1480 g/mol. The van der Waals surface area contributed by atoms with Crippen molar-refractivity contribution in [1.29, 1.82) is 0 Å². The fourth-order valence-corrected chi connectivity index (χ4v) is 13.1. The molecule has 5 atom stereocenters. The zero-order valence-corrected chi connectivity index (χ0v) is 73.7. The number of phosphoric ester groups is 2. The number of carbonyl (C=O) groups excluding carboxylic acids is 3. The van der Waals surface area contributed by atoms with Crippen molar-refractivity contribution in [1.82, 2.24) is 0 Å². The van der Waals surface area contributed by atoms with Crippen LogP contribution in [0.2, 0.25) is 0 Å². The van der Waals surface area contributed by atoms with Gasteiger partial charge < -0.3 is 34.2 Å². The largest absolute Gasteiger partial charge is 0.472 e. The monoisotopic (exact) mass is 1640 g/mol. The van der Waals surface area contributed by atoms with Gasteiger partial charge in [0.15, 0.2) is 6.10 Å². The summed E-state index contributed by atoms with van der Waals surface area (Å²) in [5.74, 6) is -1.64. The molecule has 5 unspecified atom stereocenters. The van der Waals surface area contributed by atoms with Gasteiger partial charge in [-0.2, -0.15) is 0 Å². The zero-order chi connectivity index (χ0) is 83.6. The molecule has 0 saturated carbocycles. The molecule has 0 amide bonds. The third-order valence-electron chi connectivity index (χ3n) is 18.3. The summed E-state index contributed by atoms with van der Waals surface area (Å²) in [5, 5.41) is 20.7. The quantitative estimate of drug-likeness (QED) is 0.0146. The van der Waals surface area contributed by atoms with Crippen molar-refractivity contribution in [2.75, 3.05) is 39.6 Å². The molecule has 0 rings (SSSR count). The van der Waals surface area contributed by atoms with Crippen LogP contribution in [0.25, 0.3) is 0 Å². The number of ether oxygens (including phenoxy) is 3. The van der Waals surface area contributed by atoms with Gasteiger partial charge in [-0.05, 0) is 167 Å². The molecule has 654 valence electrons. The summed E-state index contributed by atoms with van der Waals surface area (Å²) in [6, 6.07) is 0. The number of rotatable bonds is 83. The van der Waals surface area contributed by atoms with Gasteiger partial charge in [0.2, 0.25) is 0 Å². The summed E-state index contributed by atoms with van der Waals surface area (Å²) in [6.45, 7) is 2.37. The smallest absolute Gasteiger partial charge is 0.463 e. The molecule has 18 heteroatoms. The van der Waals surface area contributed by atoms with Gasteiger partial charge in [-0.1, -0.05) is 350 Å². The lowest BCUT2D eigenvalue weighted by Crippen LogP contribution is -2.30. The predicted molar refractivity (Wildman–Crippen MR) is 481 cm³/mol. The number of hydrogen-bond donors (Lipinski definition) is 4. The van der Waals surface area contributed by atoms with E-state index in [2.05, 4.69) is 215 Å². The van der Waals surface area contributed by atoms with Crippen LogP contribution in [0.4, 0.5) is 0 Å². The van der Waals surface area contributed by atoms with Crippen LogP contribution in [0.1, 0.15) is 342 Å². The average Bonchev–Trinajstić information content (AvgIpc) is 1.07. The van der Waals surface area contributed by atoms with E-state index in [4.69, 9.17) is 32.3 Å². The normalized spacial score (nSPS) is 14.7. The Balaban J connectivity index is 4.63. The molecule has 0 aromatic heterocycles. The first-order valence-corrected chi connectivity index (χ1v) is 47.7. The Morgan fingerprint density at radius 2 is 0.461 bits per heavy atom. The van der Waals surface area contributed by atoms with Crippen LogP contribution in [0, 0.1) is 0 Å². The summed E-state index contributed by atoms with van der Waals surface area (Å²) in [7, 11) is -9.83. The van der Waals surface area contributed by atoms with Crippen molar-refractivity contribution in [2.24, 2.45) is 0 Å². The summed E-state index contributed by atoms with van der Waals surface area (Å²) >= 11 is 0. The number of aliphatic hydroxyl groups is 2. The van der Waals surface area contributed by atoms with Crippen LogP contribution < -0.4 is 0 Å². The Morgan fingerprint density at radius 3 is 0.730 bits per heavy atom. The van der Waals surface area contributed by atoms with Gasteiger partial charge in [0.25, 0.3) is 0 Å². The minimum Gasteiger partial charge on any atom is -0.463 e. The van der Waals surface area contributed by atoms with E-state index in [1.54, 1.807) is 0 Å². The Labute approximate surface area is 699 Å². The standard InChI is InChI=1S/C97H160O16P2/c1-4-7-10-13-16-19-22-25-28-31-34-37-40-41-42-43-44-45-46-47-48-49-52-54-56-59-62-65-68-71-74-77-80-83-95(100)107-86-92(98)87-109-114(103,104)110-88-93(99)89-111-115(105,106)112-91-94(113-97(102)85-82-79-76-73-70-67-64-61-58-55-51-39-36-33-30-27-24-21-18-15-12-9-6-3)90-108-96(101)84-81-78-75-72-69-66-63-60-57-53-50-38-35-32-29-26-23-20-17-14-11-8-5-2/h8-9,11-12,16-21,25-30,34-39,41-42,53,55,57-58,63-64,66-67,92-94,98-99H,4-7,10,13-15,22-24,31-33,40,43-52,54,56,59-62,65,68-91H2,1-3H3,(H,103,104)(H,105,106)/b11-8-,12-9-,19-16-,20-17-,21-18-,28-25-,29-26-,30-27-,37-34-,38-35-,39-36-,42-41-,57-53-,58-55-,66-63-,67-64-. The fraction of sp³-hybridized carbons (Fsp3) is 0.639. The van der Waals surface area contributed by atoms with Crippen LogP contribution in [0.5, 0.6) is 0 Å². The lowest BCUT2D eigenvalue weighted by molar-refractivity contribution is -0.161. The SMILES string of the molecule is CC/C=C\C/C=C\C/C=C\C/C=C\C/C=C\C/C=C\CCCCCCC(=O)OCC(COP(=O)(O)OCC(O)COP(=O)(O)OCC(O)COC(=O)CCCCCCCCCCCCCCCCCCC/C=C\C/C=C\C/C=C\C/C=C\CCCCC)OC(=O)CCCCCC/C=C\C/C=C\C/C=C\C/C=C\C/C=C\C/C=C\CC. The first kappa shape index (κ1) is 109. The van der Waals surface area contributed by atoms with Gasteiger partial charge in [0, 0.05) is 19.3 Å². The van der Waals surface area contributed by atoms with E-state index in [-0.39, 0.29) is 19.3 Å². The Kier molecular flexibility index (Phi) is 83.4. The van der Waals surface area contributed by atoms with E-state index in [9.17, 15) is 43.5 Å². The van der Waals surface area contributed by atoms with Crippen molar-refractivity contribution in [3.05, 3.63) is 194 Å². The summed E-state index contributed by atoms with van der Waals surface area (Å²) in [6.07, 6.45) is 116. The van der Waals surface area contributed by atoms with Crippen LogP contribution in [0.15, 0.2) is 194 Å². The Bertz CT molecular complexity index is 2870. The molecule has 0 aliphatic heterocycles. The second kappa shape index (κ2) is 87.7. The number of esters is 3. The van der Waals surface area contributed by atoms with Crippen LogP contribution in [-0.2, 0) is 55.8 Å². The molecule has 115 heavy (non-hydrogen) atoms. The van der Waals surface area contributed by atoms with E-state index in [1.807, 2.05) is 0 Å². The maximum atomic E-state index is 13.0. The molecule has 0 aliphatic carbocycles. The number of allylic oxidation sites excluding steroid dienone is 32. The zero-order valence-electron chi connectivity index (χ0n) is 71.9. The number of hydrogen-bond acceptors (Lipinski definition) is 14. The molecule has 0 heterocycles. The van der Waals surface area contributed by atoms with Gasteiger partial charge in [-0.25, -0.2) is 9.13 Å². The summed E-state index contributed by atoms with van der Waals surface area (Å²) in [4.78, 5) is 58.9. The Morgan fingerprint density at radius 1 is 0.252 bits per heavy atom. The van der Waals surface area contributed by atoms with Gasteiger partial charge in [-0.15, -0.1) is 0 Å². The highest BCUT2D eigenvalue weighted by molar-refractivity contribution is 7.47. The molecular formula is C97H160O16P2. The number of aliphatic hydroxyl groups excluding tert-OH is 2. The highest BCUT2D eigenvalue weighted by Gasteiger charge is 2.29. The lowest BCUT2D eigenvalue weighted by Gasteiger charge is -2.21. The maximum absolute atomic E-state index is 13.0. The number of unbranched alkanes of at least 4 members (excludes halogenated alkanes) is 28. The van der Waals surface area contributed by atoms with Gasteiger partial charge in [0.1, 0.15) is 25.4 Å². The molecule has 4 N–H and O–H groups in total. The van der Waals surface area contributed by atoms with Crippen molar-refractivity contribution in [3.63, 3.8) is 0 Å². The lowest BCUT2D eigenvalue weighted by atomic mass is 10.0. The van der Waals surface area contributed by atoms with E-state index < -0.39 is 91.5 Å². The number of carbonyl (C=O) groups is 3. The molecule has 16 nitrogen and oxygen atoms in total. The van der Waals surface area contributed by atoms with E-state index >= 15 is 0 Å². The van der Waals surface area contributed by atoms with Crippen molar-refractivity contribution in [2.45, 2.75) is 360 Å². The van der Waals surface area contributed by atoms with Gasteiger partial charge >= 0.3 is 33.6 Å². The second-order valence-electron chi connectivity index (χ2n) is 29.3. The minimum absolute atomic E-state index is 0.0605. The van der Waals surface area contributed by atoms with E-state index in [0.29, 0.717) is 19.3 Å². The molecule has 0 fully saturated rings. The molecule has 0 aromatic rings. The topological polar surface area (TPSA) is 231 Å².